The summed E-state index contributed by atoms with van der Waals surface area (Å²) in [7, 11) is 0. The zero-order chi connectivity index (χ0) is 13.5. The number of nitriles is 1. The molecule has 5 heteroatoms. The van der Waals surface area contributed by atoms with Crippen LogP contribution in [0.4, 0.5) is 13.2 Å². The first-order valence-corrected chi connectivity index (χ1v) is 5.29. The smallest absolute Gasteiger partial charge is 0.430 e. The second kappa shape index (κ2) is 4.05. The molecule has 0 bridgehead atoms. The van der Waals surface area contributed by atoms with Gasteiger partial charge in [-0.05, 0) is 43.2 Å². The lowest BCUT2D eigenvalue weighted by Gasteiger charge is -2.26. The number of halogens is 3. The topological polar surface area (TPSA) is 33.0 Å². The van der Waals surface area contributed by atoms with E-state index in [9.17, 15) is 13.2 Å². The highest BCUT2D eigenvalue weighted by Gasteiger charge is 2.46. The highest BCUT2D eigenvalue weighted by Crippen LogP contribution is 2.37. The molecule has 0 N–H and O–H groups in total. The fourth-order valence-corrected chi connectivity index (χ4v) is 1.79. The molecule has 0 aliphatic carbocycles. The van der Waals surface area contributed by atoms with Gasteiger partial charge in [-0.3, -0.25) is 0 Å². The third-order valence-corrected chi connectivity index (χ3v) is 2.89. The number of benzene rings is 1. The van der Waals surface area contributed by atoms with Crippen LogP contribution in [0.3, 0.4) is 0 Å². The first-order valence-electron chi connectivity index (χ1n) is 5.29. The number of nitrogens with zero attached hydrogens (tertiary/aromatic N) is 1. The van der Waals surface area contributed by atoms with Crippen LogP contribution < -0.4 is 4.74 Å². The maximum absolute atomic E-state index is 12.7. The van der Waals surface area contributed by atoms with Crippen LogP contribution in [0.5, 0.6) is 5.75 Å². The zero-order valence-corrected chi connectivity index (χ0v) is 9.80. The fourth-order valence-electron chi connectivity index (χ4n) is 1.79. The van der Waals surface area contributed by atoms with E-state index in [0.717, 1.165) is 11.1 Å². The number of hydrogen-bond donors (Lipinski definition) is 0. The normalized spacial score (nSPS) is 18.4. The Hall–Kier alpha value is -1.96. The Bertz CT molecular complexity index is 567. The van der Waals surface area contributed by atoms with E-state index in [1.807, 2.05) is 6.92 Å². The van der Waals surface area contributed by atoms with Crippen LogP contribution in [0, 0.1) is 25.2 Å². The maximum atomic E-state index is 12.7. The molecule has 0 unspecified atom stereocenters. The average Bonchev–Trinajstić information content (AvgIpc) is 2.28. The van der Waals surface area contributed by atoms with Gasteiger partial charge in [0.15, 0.2) is 0 Å². The molecule has 1 aromatic carbocycles. The number of fused-ring (bicyclic) bond motifs is 1. The first-order chi connectivity index (χ1) is 8.32. The third-order valence-electron chi connectivity index (χ3n) is 2.89. The first kappa shape index (κ1) is 12.5. The molecule has 2 rings (SSSR count). The van der Waals surface area contributed by atoms with Crippen LogP contribution in [0.2, 0.25) is 0 Å². The van der Waals surface area contributed by atoms with Gasteiger partial charge in [-0.25, -0.2) is 0 Å². The number of ether oxygens (including phenoxy) is 1. The summed E-state index contributed by atoms with van der Waals surface area (Å²) in [6.07, 6.45) is -5.52. The molecule has 1 atom stereocenters. The summed E-state index contributed by atoms with van der Waals surface area (Å²) in [6, 6.07) is 4.83. The predicted octanol–water partition coefficient (Wildman–Crippen LogP) is 3.53. The summed E-state index contributed by atoms with van der Waals surface area (Å²) >= 11 is 0. The standard InChI is InChI=1S/C13H10F3NO/c1-7-3-9-5-10(6-17)12(13(14,15)16)18-11(9)4-8(7)2/h3-5,12H,1-2H3/t12-/m1/s1. The minimum Gasteiger partial charge on any atom is -0.475 e. The lowest BCUT2D eigenvalue weighted by molar-refractivity contribution is -0.182. The van der Waals surface area contributed by atoms with Gasteiger partial charge in [0.2, 0.25) is 6.10 Å². The monoisotopic (exact) mass is 253 g/mol. The molecule has 2 nitrogen and oxygen atoms in total. The van der Waals surface area contributed by atoms with Crippen LogP contribution >= 0.6 is 0 Å². The van der Waals surface area contributed by atoms with Gasteiger partial charge in [0, 0.05) is 5.56 Å². The van der Waals surface area contributed by atoms with Gasteiger partial charge in [-0.1, -0.05) is 0 Å². The van der Waals surface area contributed by atoms with Crippen LogP contribution in [0.1, 0.15) is 16.7 Å². The van der Waals surface area contributed by atoms with Crippen LogP contribution in [0.25, 0.3) is 6.08 Å². The predicted molar refractivity (Wildman–Crippen MR) is 60.0 cm³/mol. The quantitative estimate of drug-likeness (QED) is 0.708. The van der Waals surface area contributed by atoms with E-state index in [1.165, 1.54) is 6.08 Å². The van der Waals surface area contributed by atoms with E-state index in [1.54, 1.807) is 25.1 Å². The lowest BCUT2D eigenvalue weighted by Crippen LogP contribution is -2.37. The summed E-state index contributed by atoms with van der Waals surface area (Å²) in [5.41, 5.74) is 1.88. The summed E-state index contributed by atoms with van der Waals surface area (Å²) < 4.78 is 43.1. The Kier molecular flexibility index (Phi) is 2.81. The van der Waals surface area contributed by atoms with E-state index in [2.05, 4.69) is 0 Å². The SMILES string of the molecule is Cc1cc2c(cc1C)O[C@@H](C(F)(F)F)C(C#N)=C2. The average molecular weight is 253 g/mol. The van der Waals surface area contributed by atoms with E-state index in [-0.39, 0.29) is 5.75 Å². The summed E-state index contributed by atoms with van der Waals surface area (Å²) in [6.45, 7) is 3.65. The molecule has 1 aromatic rings. The Morgan fingerprint density at radius 1 is 1.22 bits per heavy atom. The molecule has 1 aliphatic heterocycles. The molecule has 0 aromatic heterocycles. The molecule has 1 heterocycles. The van der Waals surface area contributed by atoms with Crippen LogP contribution in [-0.4, -0.2) is 12.3 Å². The van der Waals surface area contributed by atoms with Crippen molar-refractivity contribution in [3.05, 3.63) is 34.4 Å². The molecule has 0 saturated heterocycles. The molecule has 0 amide bonds. The molecule has 1 aliphatic rings. The van der Waals surface area contributed by atoms with Crippen molar-refractivity contribution in [2.45, 2.75) is 26.1 Å². The molecule has 0 fully saturated rings. The second-order valence-corrected chi connectivity index (χ2v) is 4.23. The summed E-state index contributed by atoms with van der Waals surface area (Å²) in [5, 5.41) is 8.78. The third kappa shape index (κ3) is 2.06. The van der Waals surface area contributed by atoms with E-state index < -0.39 is 17.9 Å². The Labute approximate surface area is 102 Å². The Balaban J connectivity index is 2.54. The van der Waals surface area contributed by atoms with E-state index in [0.29, 0.717) is 5.56 Å². The van der Waals surface area contributed by atoms with Crippen molar-refractivity contribution >= 4 is 6.08 Å². The molecular weight excluding hydrogens is 243 g/mol. The largest absolute Gasteiger partial charge is 0.475 e. The van der Waals surface area contributed by atoms with Gasteiger partial charge in [0.25, 0.3) is 0 Å². The van der Waals surface area contributed by atoms with Crippen molar-refractivity contribution in [2.24, 2.45) is 0 Å². The van der Waals surface area contributed by atoms with Crippen LogP contribution in [0.15, 0.2) is 17.7 Å². The van der Waals surface area contributed by atoms with E-state index >= 15 is 0 Å². The molecule has 0 radical (unpaired) electrons. The zero-order valence-electron chi connectivity index (χ0n) is 9.80. The van der Waals surface area contributed by atoms with Crippen molar-refractivity contribution in [3.63, 3.8) is 0 Å². The van der Waals surface area contributed by atoms with Crippen molar-refractivity contribution in [2.75, 3.05) is 0 Å². The van der Waals surface area contributed by atoms with Crippen molar-refractivity contribution < 1.29 is 17.9 Å². The number of alkyl halides is 3. The van der Waals surface area contributed by atoms with Gasteiger partial charge in [-0.15, -0.1) is 0 Å². The maximum Gasteiger partial charge on any atom is 0.430 e. The molecular formula is C13H10F3NO. The minimum absolute atomic E-state index is 0.166. The Morgan fingerprint density at radius 3 is 2.39 bits per heavy atom. The van der Waals surface area contributed by atoms with E-state index in [4.69, 9.17) is 10.00 Å². The summed E-state index contributed by atoms with van der Waals surface area (Å²) in [4.78, 5) is 0. The minimum atomic E-state index is -4.59. The van der Waals surface area contributed by atoms with Gasteiger partial charge >= 0.3 is 6.18 Å². The molecule has 18 heavy (non-hydrogen) atoms. The Morgan fingerprint density at radius 2 is 1.83 bits per heavy atom. The molecule has 0 saturated carbocycles. The number of rotatable bonds is 0. The highest BCUT2D eigenvalue weighted by molar-refractivity contribution is 5.68. The van der Waals surface area contributed by atoms with Crippen molar-refractivity contribution in [1.82, 2.24) is 0 Å². The lowest BCUT2D eigenvalue weighted by atomic mass is 9.98. The number of hydrogen-bond acceptors (Lipinski definition) is 2. The second-order valence-electron chi connectivity index (χ2n) is 4.23. The van der Waals surface area contributed by atoms with Gasteiger partial charge in [-0.2, -0.15) is 18.4 Å². The molecule has 94 valence electrons. The highest BCUT2D eigenvalue weighted by atomic mass is 19.4. The van der Waals surface area contributed by atoms with Crippen LogP contribution in [-0.2, 0) is 0 Å². The molecule has 0 spiro atoms. The van der Waals surface area contributed by atoms with Gasteiger partial charge in [0.05, 0.1) is 11.6 Å². The van der Waals surface area contributed by atoms with Crippen molar-refractivity contribution in [3.8, 4) is 11.8 Å². The summed E-state index contributed by atoms with van der Waals surface area (Å²) in [5.74, 6) is 0.166. The van der Waals surface area contributed by atoms with Gasteiger partial charge < -0.3 is 4.74 Å². The van der Waals surface area contributed by atoms with Gasteiger partial charge in [0.1, 0.15) is 5.75 Å². The van der Waals surface area contributed by atoms with Crippen molar-refractivity contribution in [1.29, 1.82) is 5.26 Å². The fraction of sp³-hybridized carbons (Fsp3) is 0.308. The number of aryl methyl sites for hydroxylation is 2.